The van der Waals surface area contributed by atoms with E-state index in [0.29, 0.717) is 12.5 Å². The molecule has 2 saturated heterocycles. The number of rotatable bonds is 3. The second kappa shape index (κ2) is 6.76. The highest BCUT2D eigenvalue weighted by atomic mass is 16.3. The Morgan fingerprint density at radius 2 is 1.82 bits per heavy atom. The van der Waals surface area contributed by atoms with Crippen LogP contribution < -0.4 is 9.80 Å². The first-order valence-electron chi connectivity index (χ1n) is 7.97. The highest BCUT2D eigenvalue weighted by Crippen LogP contribution is 2.23. The number of aromatic nitrogens is 2. The summed E-state index contributed by atoms with van der Waals surface area (Å²) in [4.78, 5) is 13.1. The number of nitrogens with zero attached hydrogens (tertiary/aromatic N) is 4. The summed E-state index contributed by atoms with van der Waals surface area (Å²) in [7, 11) is 0. The van der Waals surface area contributed by atoms with Gasteiger partial charge in [0, 0.05) is 44.9 Å². The molecule has 2 aliphatic heterocycles. The van der Waals surface area contributed by atoms with Gasteiger partial charge in [0.15, 0.2) is 0 Å². The molecule has 0 aliphatic carbocycles. The summed E-state index contributed by atoms with van der Waals surface area (Å²) < 4.78 is 0. The van der Waals surface area contributed by atoms with Crippen molar-refractivity contribution in [3.05, 3.63) is 12.3 Å². The molecule has 7 heteroatoms. The average molecular weight is 308 g/mol. The second-order valence-electron chi connectivity index (χ2n) is 6.18. The fourth-order valence-electron chi connectivity index (χ4n) is 3.14. The largest absolute Gasteiger partial charge is 0.396 e. The van der Waals surface area contributed by atoms with Crippen LogP contribution in [0.5, 0.6) is 0 Å². The third-order valence-electron chi connectivity index (χ3n) is 4.66. The van der Waals surface area contributed by atoms with Gasteiger partial charge in [0.1, 0.15) is 5.82 Å². The predicted molar refractivity (Wildman–Crippen MR) is 82.9 cm³/mol. The molecule has 0 radical (unpaired) electrons. The van der Waals surface area contributed by atoms with Gasteiger partial charge in [-0.25, -0.2) is 4.98 Å². The maximum Gasteiger partial charge on any atom is 0.227 e. The van der Waals surface area contributed by atoms with E-state index in [-0.39, 0.29) is 18.6 Å². The molecule has 3 rings (SSSR count). The van der Waals surface area contributed by atoms with Crippen molar-refractivity contribution in [2.24, 2.45) is 5.92 Å². The van der Waals surface area contributed by atoms with Gasteiger partial charge >= 0.3 is 0 Å². The molecule has 3 N–H and O–H groups in total. The van der Waals surface area contributed by atoms with Gasteiger partial charge in [-0.2, -0.15) is 4.98 Å². The monoisotopic (exact) mass is 308 g/mol. The van der Waals surface area contributed by atoms with Gasteiger partial charge in [-0.05, 0) is 25.3 Å². The van der Waals surface area contributed by atoms with Crippen molar-refractivity contribution in [2.45, 2.75) is 31.5 Å². The summed E-state index contributed by atoms with van der Waals surface area (Å²) in [6.07, 6.45) is 3.26. The molecular formula is C15H24N4O3. The standard InChI is InChI=1S/C15H24N4O3/c20-10-11-2-6-19(9-13(11)22)15-16-5-1-14(17-15)18-7-3-12(21)4-8-18/h1,5,11-13,20-22H,2-4,6-10H2/t11-,13+/m1/s1. The SMILES string of the molecule is OC[C@H]1CCN(c2nccc(N3CCC(O)CC3)n2)C[C@@H]1O. The zero-order chi connectivity index (χ0) is 15.5. The molecule has 2 atom stereocenters. The maximum atomic E-state index is 10.1. The van der Waals surface area contributed by atoms with Gasteiger partial charge < -0.3 is 25.1 Å². The van der Waals surface area contributed by atoms with Crippen LogP contribution in [0.4, 0.5) is 11.8 Å². The van der Waals surface area contributed by atoms with E-state index in [1.807, 2.05) is 11.0 Å². The smallest absolute Gasteiger partial charge is 0.227 e. The van der Waals surface area contributed by atoms with E-state index in [1.165, 1.54) is 0 Å². The Bertz CT molecular complexity index is 493. The van der Waals surface area contributed by atoms with E-state index in [9.17, 15) is 15.3 Å². The van der Waals surface area contributed by atoms with Crippen molar-refractivity contribution in [3.63, 3.8) is 0 Å². The summed E-state index contributed by atoms with van der Waals surface area (Å²) in [6, 6.07) is 1.89. The lowest BCUT2D eigenvalue weighted by atomic mass is 9.95. The van der Waals surface area contributed by atoms with E-state index >= 15 is 0 Å². The van der Waals surface area contributed by atoms with E-state index in [4.69, 9.17) is 0 Å². The van der Waals surface area contributed by atoms with Crippen LogP contribution in [0, 0.1) is 5.92 Å². The molecule has 3 heterocycles. The molecule has 2 fully saturated rings. The fourth-order valence-corrected chi connectivity index (χ4v) is 3.14. The van der Waals surface area contributed by atoms with Gasteiger partial charge in [-0.3, -0.25) is 0 Å². The fraction of sp³-hybridized carbons (Fsp3) is 0.733. The van der Waals surface area contributed by atoms with E-state index in [1.54, 1.807) is 6.20 Å². The minimum Gasteiger partial charge on any atom is -0.396 e. The van der Waals surface area contributed by atoms with Crippen LogP contribution in [0.2, 0.25) is 0 Å². The molecule has 0 unspecified atom stereocenters. The van der Waals surface area contributed by atoms with Gasteiger partial charge in [0.2, 0.25) is 5.95 Å². The van der Waals surface area contributed by atoms with Crippen molar-refractivity contribution in [3.8, 4) is 0 Å². The van der Waals surface area contributed by atoms with Crippen LogP contribution in [-0.4, -0.2) is 70.3 Å². The Morgan fingerprint density at radius 3 is 2.50 bits per heavy atom. The van der Waals surface area contributed by atoms with Crippen LogP contribution in [0.1, 0.15) is 19.3 Å². The normalized spacial score (nSPS) is 27.2. The molecule has 0 spiro atoms. The lowest BCUT2D eigenvalue weighted by molar-refractivity contribution is 0.0544. The molecular weight excluding hydrogens is 284 g/mol. The van der Waals surface area contributed by atoms with Crippen LogP contribution in [0.3, 0.4) is 0 Å². The first kappa shape index (κ1) is 15.5. The maximum absolute atomic E-state index is 10.1. The molecule has 1 aromatic rings. The van der Waals surface area contributed by atoms with Gasteiger partial charge in [-0.1, -0.05) is 0 Å². The highest BCUT2D eigenvalue weighted by Gasteiger charge is 2.28. The molecule has 1 aromatic heterocycles. The molecule has 22 heavy (non-hydrogen) atoms. The topological polar surface area (TPSA) is 93.0 Å². The Morgan fingerprint density at radius 1 is 1.09 bits per heavy atom. The predicted octanol–water partition coefficient (Wildman–Crippen LogP) is -0.383. The molecule has 122 valence electrons. The second-order valence-corrected chi connectivity index (χ2v) is 6.18. The van der Waals surface area contributed by atoms with Crippen molar-refractivity contribution < 1.29 is 15.3 Å². The zero-order valence-corrected chi connectivity index (χ0v) is 12.7. The lowest BCUT2D eigenvalue weighted by Gasteiger charge is -2.36. The molecule has 0 aromatic carbocycles. The number of piperidine rings is 2. The average Bonchev–Trinajstić information content (AvgIpc) is 2.55. The zero-order valence-electron chi connectivity index (χ0n) is 12.7. The van der Waals surface area contributed by atoms with Gasteiger partial charge in [0.05, 0.1) is 12.2 Å². The third kappa shape index (κ3) is 3.31. The quantitative estimate of drug-likeness (QED) is 0.701. The van der Waals surface area contributed by atoms with Crippen LogP contribution in [0.25, 0.3) is 0 Å². The Labute approximate surface area is 130 Å². The minimum absolute atomic E-state index is 0.0198. The number of β-amino-alcohol motifs (C(OH)–C–C–N with tert-alkyl or cyclic N) is 1. The van der Waals surface area contributed by atoms with Crippen molar-refractivity contribution >= 4 is 11.8 Å². The number of aliphatic hydroxyl groups is 3. The summed E-state index contributed by atoms with van der Waals surface area (Å²) in [5, 5.41) is 28.9. The van der Waals surface area contributed by atoms with E-state index in [2.05, 4.69) is 14.9 Å². The molecule has 2 aliphatic rings. The molecule has 0 saturated carbocycles. The van der Waals surface area contributed by atoms with Crippen LogP contribution in [-0.2, 0) is 0 Å². The van der Waals surface area contributed by atoms with Gasteiger partial charge in [0.25, 0.3) is 0 Å². The molecule has 0 bridgehead atoms. The van der Waals surface area contributed by atoms with E-state index < -0.39 is 6.10 Å². The molecule has 7 nitrogen and oxygen atoms in total. The molecule has 0 amide bonds. The first-order valence-corrected chi connectivity index (χ1v) is 7.97. The van der Waals surface area contributed by atoms with Crippen LogP contribution >= 0.6 is 0 Å². The number of aliphatic hydroxyl groups excluding tert-OH is 3. The van der Waals surface area contributed by atoms with Gasteiger partial charge in [-0.15, -0.1) is 0 Å². The van der Waals surface area contributed by atoms with Crippen molar-refractivity contribution in [1.82, 2.24) is 9.97 Å². The first-order chi connectivity index (χ1) is 10.7. The number of hydrogen-bond acceptors (Lipinski definition) is 7. The summed E-state index contributed by atoms with van der Waals surface area (Å²) in [5.41, 5.74) is 0. The van der Waals surface area contributed by atoms with Crippen molar-refractivity contribution in [1.29, 1.82) is 0 Å². The third-order valence-corrected chi connectivity index (χ3v) is 4.66. The summed E-state index contributed by atoms with van der Waals surface area (Å²) in [6.45, 7) is 2.81. The number of anilines is 2. The minimum atomic E-state index is -0.545. The van der Waals surface area contributed by atoms with E-state index in [0.717, 1.165) is 44.7 Å². The lowest BCUT2D eigenvalue weighted by Crippen LogP contribution is -2.46. The summed E-state index contributed by atoms with van der Waals surface area (Å²) >= 11 is 0. The highest BCUT2D eigenvalue weighted by molar-refractivity contribution is 5.44. The Kier molecular flexibility index (Phi) is 4.75. The Hall–Kier alpha value is -1.44. The van der Waals surface area contributed by atoms with Crippen LogP contribution in [0.15, 0.2) is 12.3 Å². The summed E-state index contributed by atoms with van der Waals surface area (Å²) in [5.74, 6) is 1.44. The van der Waals surface area contributed by atoms with Crippen molar-refractivity contribution in [2.75, 3.05) is 42.6 Å². The number of hydrogen-bond donors (Lipinski definition) is 3. The Balaban J connectivity index is 1.69.